The SMILES string of the molecule is Cn1cc(-c2cn3nc(NC=O)cc3c(O[C@H]3C[C@@H](N(C)C(=O)OC(C)(C)C)C3)n2)cn1. The highest BCUT2D eigenvalue weighted by molar-refractivity contribution is 5.74. The van der Waals surface area contributed by atoms with Crippen LogP contribution >= 0.6 is 0 Å². The molecule has 0 unspecified atom stereocenters. The lowest BCUT2D eigenvalue weighted by Crippen LogP contribution is -2.51. The molecule has 11 nitrogen and oxygen atoms in total. The Hall–Kier alpha value is -3.63. The lowest BCUT2D eigenvalue weighted by molar-refractivity contribution is -0.105. The van der Waals surface area contributed by atoms with Gasteiger partial charge in [0.2, 0.25) is 12.3 Å². The van der Waals surface area contributed by atoms with E-state index in [1.807, 2.05) is 34.0 Å². The Labute approximate surface area is 185 Å². The maximum absolute atomic E-state index is 12.3. The number of rotatable bonds is 6. The van der Waals surface area contributed by atoms with Gasteiger partial charge in [-0.05, 0) is 20.8 Å². The first-order valence-corrected chi connectivity index (χ1v) is 10.3. The van der Waals surface area contributed by atoms with Crippen LogP contribution in [0.15, 0.2) is 24.7 Å². The average Bonchev–Trinajstić information content (AvgIpc) is 3.28. The first-order valence-electron chi connectivity index (χ1n) is 10.3. The predicted molar refractivity (Wildman–Crippen MR) is 116 cm³/mol. The second-order valence-electron chi connectivity index (χ2n) is 8.91. The smallest absolute Gasteiger partial charge is 0.410 e. The van der Waals surface area contributed by atoms with Crippen LogP contribution in [0, 0.1) is 0 Å². The summed E-state index contributed by atoms with van der Waals surface area (Å²) in [5.41, 5.74) is 1.55. The number of carbonyl (C=O) groups is 2. The van der Waals surface area contributed by atoms with Crippen LogP contribution in [0.25, 0.3) is 16.8 Å². The topological polar surface area (TPSA) is 116 Å². The zero-order valence-electron chi connectivity index (χ0n) is 18.8. The van der Waals surface area contributed by atoms with Crippen molar-refractivity contribution >= 4 is 23.8 Å². The fraction of sp³-hybridized carbons (Fsp3) is 0.476. The molecule has 1 aliphatic rings. The molecule has 1 aliphatic carbocycles. The van der Waals surface area contributed by atoms with Gasteiger partial charge in [-0.2, -0.15) is 5.10 Å². The number of nitrogens with zero attached hydrogens (tertiary/aromatic N) is 6. The third-order valence-corrected chi connectivity index (χ3v) is 5.21. The number of anilines is 1. The van der Waals surface area contributed by atoms with Crippen molar-refractivity contribution in [1.29, 1.82) is 0 Å². The van der Waals surface area contributed by atoms with Gasteiger partial charge in [0, 0.05) is 50.8 Å². The van der Waals surface area contributed by atoms with E-state index in [9.17, 15) is 9.59 Å². The van der Waals surface area contributed by atoms with E-state index in [1.165, 1.54) is 0 Å². The molecule has 32 heavy (non-hydrogen) atoms. The van der Waals surface area contributed by atoms with Gasteiger partial charge in [-0.1, -0.05) is 0 Å². The third kappa shape index (κ3) is 4.51. The highest BCUT2D eigenvalue weighted by Crippen LogP contribution is 2.33. The molecular weight excluding hydrogens is 414 g/mol. The van der Waals surface area contributed by atoms with Gasteiger partial charge in [0.15, 0.2) is 5.82 Å². The number of hydrogen-bond donors (Lipinski definition) is 1. The van der Waals surface area contributed by atoms with Crippen molar-refractivity contribution in [3.05, 3.63) is 24.7 Å². The van der Waals surface area contributed by atoms with Gasteiger partial charge in [-0.25, -0.2) is 14.3 Å². The Kier molecular flexibility index (Phi) is 5.49. The van der Waals surface area contributed by atoms with Crippen LogP contribution < -0.4 is 10.1 Å². The van der Waals surface area contributed by atoms with Crippen LogP contribution in [-0.4, -0.2) is 66.6 Å². The molecule has 1 N–H and O–H groups in total. The van der Waals surface area contributed by atoms with E-state index in [1.54, 1.807) is 39.6 Å². The number of carbonyl (C=O) groups excluding carboxylic acids is 2. The Bertz CT molecular complexity index is 1140. The average molecular weight is 441 g/mol. The van der Waals surface area contributed by atoms with Gasteiger partial charge >= 0.3 is 6.09 Å². The van der Waals surface area contributed by atoms with Gasteiger partial charge in [0.25, 0.3) is 0 Å². The molecule has 0 aromatic carbocycles. The second-order valence-corrected chi connectivity index (χ2v) is 8.91. The molecule has 0 saturated heterocycles. The van der Waals surface area contributed by atoms with Crippen molar-refractivity contribution in [2.24, 2.45) is 7.05 Å². The van der Waals surface area contributed by atoms with Crippen molar-refractivity contribution < 1.29 is 19.1 Å². The molecule has 11 heteroatoms. The first kappa shape index (κ1) is 21.6. The van der Waals surface area contributed by atoms with E-state index >= 15 is 0 Å². The molecular formula is C21H27N7O4. The van der Waals surface area contributed by atoms with Crippen LogP contribution in [0.3, 0.4) is 0 Å². The molecule has 1 fully saturated rings. The minimum absolute atomic E-state index is 0.0320. The Morgan fingerprint density at radius 3 is 2.69 bits per heavy atom. The molecule has 3 aromatic heterocycles. The van der Waals surface area contributed by atoms with Crippen molar-refractivity contribution in [3.8, 4) is 17.1 Å². The predicted octanol–water partition coefficient (Wildman–Crippen LogP) is 2.47. The van der Waals surface area contributed by atoms with Crippen LogP contribution in [-0.2, 0) is 16.6 Å². The van der Waals surface area contributed by atoms with E-state index < -0.39 is 5.60 Å². The van der Waals surface area contributed by atoms with Crippen LogP contribution in [0.4, 0.5) is 10.6 Å². The van der Waals surface area contributed by atoms with Gasteiger partial charge in [0.05, 0.1) is 18.1 Å². The van der Waals surface area contributed by atoms with E-state index in [0.29, 0.717) is 42.2 Å². The Morgan fingerprint density at radius 1 is 1.31 bits per heavy atom. The zero-order chi connectivity index (χ0) is 23.0. The number of aryl methyl sites for hydroxylation is 1. The number of ether oxygens (including phenoxy) is 2. The molecule has 3 aromatic rings. The summed E-state index contributed by atoms with van der Waals surface area (Å²) in [6.45, 7) is 5.53. The highest BCUT2D eigenvalue weighted by Gasteiger charge is 2.38. The standard InChI is InChI=1S/C21H27N7O4/c1-21(2,3)32-20(30)27(5)14-6-15(7-14)31-19-17-8-18(22-12-29)25-28(17)11-16(24-19)13-9-23-26(4)10-13/h8-12,14-15H,6-7H2,1-5H3,(H,22,25,29)/t14-,15+. The summed E-state index contributed by atoms with van der Waals surface area (Å²) in [5.74, 6) is 0.798. The molecule has 170 valence electrons. The monoisotopic (exact) mass is 441 g/mol. The first-order chi connectivity index (χ1) is 15.1. The summed E-state index contributed by atoms with van der Waals surface area (Å²) in [4.78, 5) is 29.4. The lowest BCUT2D eigenvalue weighted by atomic mass is 9.88. The van der Waals surface area contributed by atoms with Crippen molar-refractivity contribution in [3.63, 3.8) is 0 Å². The van der Waals surface area contributed by atoms with Gasteiger partial charge in [0.1, 0.15) is 17.2 Å². The normalized spacial score (nSPS) is 18.2. The van der Waals surface area contributed by atoms with Crippen LogP contribution in [0.1, 0.15) is 33.6 Å². The van der Waals surface area contributed by atoms with E-state index in [-0.39, 0.29) is 18.2 Å². The molecule has 1 saturated carbocycles. The summed E-state index contributed by atoms with van der Waals surface area (Å²) >= 11 is 0. The van der Waals surface area contributed by atoms with Crippen LogP contribution in [0.2, 0.25) is 0 Å². The molecule has 0 radical (unpaired) electrons. The maximum atomic E-state index is 12.3. The summed E-state index contributed by atoms with van der Waals surface area (Å²) in [7, 11) is 3.57. The number of fused-ring (bicyclic) bond motifs is 1. The van der Waals surface area contributed by atoms with Crippen molar-refractivity contribution in [1.82, 2.24) is 29.3 Å². The maximum Gasteiger partial charge on any atom is 0.410 e. The fourth-order valence-electron chi connectivity index (χ4n) is 3.47. The van der Waals surface area contributed by atoms with E-state index in [4.69, 9.17) is 9.47 Å². The quantitative estimate of drug-likeness (QED) is 0.584. The van der Waals surface area contributed by atoms with Gasteiger partial charge < -0.3 is 19.7 Å². The summed E-state index contributed by atoms with van der Waals surface area (Å²) < 4.78 is 14.9. The lowest BCUT2D eigenvalue weighted by Gasteiger charge is -2.40. The second kappa shape index (κ2) is 8.13. The van der Waals surface area contributed by atoms with Crippen LogP contribution in [0.5, 0.6) is 5.88 Å². The molecule has 0 spiro atoms. The summed E-state index contributed by atoms with van der Waals surface area (Å²) in [6, 6.07) is 1.73. The highest BCUT2D eigenvalue weighted by atomic mass is 16.6. The van der Waals surface area contributed by atoms with E-state index in [0.717, 1.165) is 5.56 Å². The zero-order valence-corrected chi connectivity index (χ0v) is 18.8. The Morgan fingerprint density at radius 2 is 2.06 bits per heavy atom. The number of hydrogen-bond acceptors (Lipinski definition) is 7. The molecule has 0 bridgehead atoms. The Balaban J connectivity index is 1.52. The molecule has 4 rings (SSSR count). The number of amides is 2. The number of aromatic nitrogens is 5. The molecule has 0 aliphatic heterocycles. The minimum atomic E-state index is -0.539. The molecule has 3 heterocycles. The van der Waals surface area contributed by atoms with E-state index in [2.05, 4.69) is 20.5 Å². The minimum Gasteiger partial charge on any atom is -0.473 e. The van der Waals surface area contributed by atoms with Crippen molar-refractivity contribution in [2.75, 3.05) is 12.4 Å². The van der Waals surface area contributed by atoms with Gasteiger partial charge in [-0.3, -0.25) is 9.48 Å². The fourth-order valence-corrected chi connectivity index (χ4v) is 3.47. The number of nitrogens with one attached hydrogen (secondary N) is 1. The largest absolute Gasteiger partial charge is 0.473 e. The summed E-state index contributed by atoms with van der Waals surface area (Å²) in [5, 5.41) is 11.1. The van der Waals surface area contributed by atoms with Gasteiger partial charge in [-0.15, -0.1) is 5.10 Å². The third-order valence-electron chi connectivity index (χ3n) is 5.21. The van der Waals surface area contributed by atoms with Crippen molar-refractivity contribution in [2.45, 2.75) is 51.4 Å². The summed E-state index contributed by atoms with van der Waals surface area (Å²) in [6.07, 6.45) is 6.75. The molecule has 2 amide bonds. The molecule has 0 atom stereocenters.